The Morgan fingerprint density at radius 3 is 2.45 bits per heavy atom. The van der Waals surface area contributed by atoms with Gasteiger partial charge in [-0.3, -0.25) is 0 Å². The molecule has 2 aromatic rings. The maximum Gasteiger partial charge on any atom is 0.183 e. The molecule has 0 aliphatic rings. The molecule has 2 N–H and O–H groups in total. The lowest BCUT2D eigenvalue weighted by atomic mass is 10.1. The highest BCUT2D eigenvalue weighted by Crippen LogP contribution is 2.25. The van der Waals surface area contributed by atoms with E-state index in [1.807, 2.05) is 0 Å². The SMILES string of the molecule is NCc1ccc(F)cc1CS(=O)(=O)c1ccccc1Cl. The smallest absolute Gasteiger partial charge is 0.183 e. The first-order valence-electron chi connectivity index (χ1n) is 5.88. The molecule has 0 amide bonds. The lowest BCUT2D eigenvalue weighted by Gasteiger charge is -2.10. The Kier molecular flexibility index (Phi) is 4.42. The summed E-state index contributed by atoms with van der Waals surface area (Å²) in [6, 6.07) is 10.1. The Morgan fingerprint density at radius 1 is 1.10 bits per heavy atom. The molecule has 106 valence electrons. The number of sulfone groups is 1. The van der Waals surface area contributed by atoms with Crippen molar-refractivity contribution in [3.8, 4) is 0 Å². The van der Waals surface area contributed by atoms with Crippen LogP contribution in [0.2, 0.25) is 5.02 Å². The molecule has 2 aromatic carbocycles. The maximum atomic E-state index is 13.3. The number of benzene rings is 2. The highest BCUT2D eigenvalue weighted by molar-refractivity contribution is 7.90. The van der Waals surface area contributed by atoms with E-state index in [-0.39, 0.29) is 22.2 Å². The maximum absolute atomic E-state index is 13.3. The summed E-state index contributed by atoms with van der Waals surface area (Å²) in [5.41, 5.74) is 6.50. The zero-order valence-electron chi connectivity index (χ0n) is 10.5. The van der Waals surface area contributed by atoms with E-state index in [2.05, 4.69) is 0 Å². The molecule has 0 aromatic heterocycles. The van der Waals surface area contributed by atoms with Gasteiger partial charge in [-0.25, -0.2) is 12.8 Å². The molecule has 0 saturated carbocycles. The van der Waals surface area contributed by atoms with Crippen LogP contribution in [0.5, 0.6) is 0 Å². The van der Waals surface area contributed by atoms with E-state index in [0.717, 1.165) is 0 Å². The second-order valence-corrected chi connectivity index (χ2v) is 6.67. The van der Waals surface area contributed by atoms with Crippen molar-refractivity contribution in [3.05, 3.63) is 64.4 Å². The second kappa shape index (κ2) is 5.91. The highest BCUT2D eigenvalue weighted by atomic mass is 35.5. The topological polar surface area (TPSA) is 60.2 Å². The molecule has 0 spiro atoms. The van der Waals surface area contributed by atoms with Crippen molar-refractivity contribution in [1.29, 1.82) is 0 Å². The van der Waals surface area contributed by atoms with Crippen LogP contribution in [0.1, 0.15) is 11.1 Å². The molecular formula is C14H13ClFNO2S. The third-order valence-electron chi connectivity index (χ3n) is 2.91. The van der Waals surface area contributed by atoms with Crippen LogP contribution in [0.25, 0.3) is 0 Å². The summed E-state index contributed by atoms with van der Waals surface area (Å²) in [5, 5.41) is 0.151. The van der Waals surface area contributed by atoms with Gasteiger partial charge in [0.1, 0.15) is 5.82 Å². The zero-order chi connectivity index (χ0) is 14.8. The molecule has 2 rings (SSSR count). The normalized spacial score (nSPS) is 11.6. The van der Waals surface area contributed by atoms with E-state index < -0.39 is 15.7 Å². The molecule has 0 heterocycles. The van der Waals surface area contributed by atoms with Gasteiger partial charge in [-0.2, -0.15) is 0 Å². The summed E-state index contributed by atoms with van der Waals surface area (Å²) in [6.07, 6.45) is 0. The molecule has 6 heteroatoms. The standard InChI is InChI=1S/C14H13ClFNO2S/c15-13-3-1-2-4-14(13)20(18,19)9-11-7-12(16)6-5-10(11)8-17/h1-7H,8-9,17H2. The van der Waals surface area contributed by atoms with Gasteiger partial charge in [0.05, 0.1) is 15.7 Å². The van der Waals surface area contributed by atoms with Crippen LogP contribution >= 0.6 is 11.6 Å². The van der Waals surface area contributed by atoms with E-state index in [4.69, 9.17) is 17.3 Å². The molecule has 0 unspecified atom stereocenters. The molecule has 0 radical (unpaired) electrons. The van der Waals surface area contributed by atoms with Crippen molar-refractivity contribution in [1.82, 2.24) is 0 Å². The predicted octanol–water partition coefficient (Wildman–Crippen LogP) is 2.91. The first-order valence-corrected chi connectivity index (χ1v) is 7.92. The Hall–Kier alpha value is -1.43. The largest absolute Gasteiger partial charge is 0.326 e. The van der Waals surface area contributed by atoms with Gasteiger partial charge in [0.15, 0.2) is 9.84 Å². The first-order chi connectivity index (χ1) is 9.44. The average Bonchev–Trinajstić information content (AvgIpc) is 2.39. The highest BCUT2D eigenvalue weighted by Gasteiger charge is 2.20. The summed E-state index contributed by atoms with van der Waals surface area (Å²) in [4.78, 5) is 0.0360. The summed E-state index contributed by atoms with van der Waals surface area (Å²) in [6.45, 7) is 0.146. The van der Waals surface area contributed by atoms with Gasteiger partial charge in [-0.05, 0) is 35.4 Å². The van der Waals surface area contributed by atoms with Crippen molar-refractivity contribution >= 4 is 21.4 Å². The van der Waals surface area contributed by atoms with Crippen molar-refractivity contribution in [3.63, 3.8) is 0 Å². The van der Waals surface area contributed by atoms with E-state index >= 15 is 0 Å². The van der Waals surface area contributed by atoms with Crippen LogP contribution in [-0.4, -0.2) is 8.42 Å². The van der Waals surface area contributed by atoms with Gasteiger partial charge in [-0.15, -0.1) is 0 Å². The average molecular weight is 314 g/mol. The van der Waals surface area contributed by atoms with Crippen LogP contribution in [0.3, 0.4) is 0 Å². The van der Waals surface area contributed by atoms with Gasteiger partial charge in [0.2, 0.25) is 0 Å². The van der Waals surface area contributed by atoms with Gasteiger partial charge in [0.25, 0.3) is 0 Å². The Labute approximate surface area is 122 Å². The van der Waals surface area contributed by atoms with Crippen LogP contribution in [0, 0.1) is 5.82 Å². The lowest BCUT2D eigenvalue weighted by molar-refractivity contribution is 0.594. The van der Waals surface area contributed by atoms with Crippen LogP contribution in [0.4, 0.5) is 4.39 Å². The van der Waals surface area contributed by atoms with E-state index in [0.29, 0.717) is 11.1 Å². The summed E-state index contributed by atoms with van der Waals surface area (Å²) >= 11 is 5.90. The summed E-state index contributed by atoms with van der Waals surface area (Å²) in [7, 11) is -3.65. The minimum atomic E-state index is -3.65. The Balaban J connectivity index is 2.44. The Morgan fingerprint density at radius 2 is 1.80 bits per heavy atom. The Bertz CT molecular complexity index is 732. The van der Waals surface area contributed by atoms with Crippen LogP contribution < -0.4 is 5.73 Å². The molecular weight excluding hydrogens is 301 g/mol. The number of halogens is 2. The van der Waals surface area contributed by atoms with Gasteiger partial charge >= 0.3 is 0 Å². The van der Waals surface area contributed by atoms with Crippen molar-refractivity contribution in [2.45, 2.75) is 17.2 Å². The predicted molar refractivity (Wildman–Crippen MR) is 76.6 cm³/mol. The zero-order valence-corrected chi connectivity index (χ0v) is 12.1. The number of nitrogens with two attached hydrogens (primary N) is 1. The molecule has 0 saturated heterocycles. The third kappa shape index (κ3) is 3.17. The third-order valence-corrected chi connectivity index (χ3v) is 5.06. The minimum absolute atomic E-state index is 0.0360. The van der Waals surface area contributed by atoms with E-state index in [1.54, 1.807) is 12.1 Å². The second-order valence-electron chi connectivity index (χ2n) is 4.31. The molecule has 3 nitrogen and oxygen atoms in total. The first kappa shape index (κ1) is 15.0. The number of hydrogen-bond donors (Lipinski definition) is 1. The van der Waals surface area contributed by atoms with Gasteiger partial charge < -0.3 is 5.73 Å². The summed E-state index contributed by atoms with van der Waals surface area (Å²) < 4.78 is 38.0. The molecule has 0 atom stereocenters. The summed E-state index contributed by atoms with van der Waals surface area (Å²) in [5.74, 6) is -0.826. The van der Waals surface area contributed by atoms with E-state index in [9.17, 15) is 12.8 Å². The quantitative estimate of drug-likeness (QED) is 0.944. The minimum Gasteiger partial charge on any atom is -0.326 e. The van der Waals surface area contributed by atoms with Crippen molar-refractivity contribution in [2.75, 3.05) is 0 Å². The van der Waals surface area contributed by atoms with E-state index in [1.165, 1.54) is 30.3 Å². The fourth-order valence-corrected chi connectivity index (χ4v) is 3.88. The van der Waals surface area contributed by atoms with Crippen molar-refractivity contribution in [2.24, 2.45) is 5.73 Å². The van der Waals surface area contributed by atoms with Gasteiger partial charge in [0, 0.05) is 6.54 Å². The number of rotatable bonds is 4. The lowest BCUT2D eigenvalue weighted by Crippen LogP contribution is -2.10. The molecule has 0 aliphatic heterocycles. The van der Waals surface area contributed by atoms with Crippen LogP contribution in [0.15, 0.2) is 47.4 Å². The molecule has 0 aliphatic carbocycles. The molecule has 20 heavy (non-hydrogen) atoms. The number of hydrogen-bond acceptors (Lipinski definition) is 3. The molecule has 0 bridgehead atoms. The molecule has 0 fully saturated rings. The monoisotopic (exact) mass is 313 g/mol. The van der Waals surface area contributed by atoms with Gasteiger partial charge in [-0.1, -0.05) is 29.8 Å². The van der Waals surface area contributed by atoms with Crippen molar-refractivity contribution < 1.29 is 12.8 Å². The fourth-order valence-electron chi connectivity index (χ4n) is 1.91. The fraction of sp³-hybridized carbons (Fsp3) is 0.143. The van der Waals surface area contributed by atoms with Crippen LogP contribution in [-0.2, 0) is 22.1 Å².